The Hall–Kier alpha value is -3.69. The fourth-order valence-electron chi connectivity index (χ4n) is 3.82. The van der Waals surface area contributed by atoms with Gasteiger partial charge in [-0.2, -0.15) is 5.10 Å². The summed E-state index contributed by atoms with van der Waals surface area (Å²) in [5, 5.41) is 20.3. The van der Waals surface area contributed by atoms with Crippen LogP contribution in [-0.2, 0) is 13.5 Å². The zero-order chi connectivity index (χ0) is 23.2. The zero-order valence-electron chi connectivity index (χ0n) is 18.3. The molecule has 0 unspecified atom stereocenters. The Morgan fingerprint density at radius 3 is 2.74 bits per heavy atom. The van der Waals surface area contributed by atoms with Crippen molar-refractivity contribution in [2.24, 2.45) is 7.05 Å². The van der Waals surface area contributed by atoms with Crippen LogP contribution in [0, 0.1) is 6.92 Å². The molecule has 6 aromatic rings. The molecule has 6 rings (SSSR count). The fraction of sp³-hybridized carbons (Fsp3) is 0.125. The summed E-state index contributed by atoms with van der Waals surface area (Å²) in [6, 6.07) is 14.1. The molecule has 0 bridgehead atoms. The number of aromatic nitrogens is 7. The molecule has 8 nitrogen and oxygen atoms in total. The number of nitrogens with zero attached hydrogens (tertiary/aromatic N) is 7. The molecule has 0 N–H and O–H groups in total. The van der Waals surface area contributed by atoms with Crippen molar-refractivity contribution in [2.45, 2.75) is 23.5 Å². The molecule has 34 heavy (non-hydrogen) atoms. The van der Waals surface area contributed by atoms with Crippen LogP contribution >= 0.6 is 23.4 Å². The van der Waals surface area contributed by atoms with Crippen molar-refractivity contribution in [2.75, 3.05) is 0 Å². The van der Waals surface area contributed by atoms with Crippen LogP contribution in [0.1, 0.15) is 17.0 Å². The lowest BCUT2D eigenvalue weighted by Gasteiger charge is -2.09. The maximum absolute atomic E-state index is 6.41. The Labute approximate surface area is 203 Å². The van der Waals surface area contributed by atoms with Gasteiger partial charge < -0.3 is 4.52 Å². The van der Waals surface area contributed by atoms with Crippen molar-refractivity contribution < 1.29 is 4.52 Å². The predicted octanol–water partition coefficient (Wildman–Crippen LogP) is 5.37. The van der Waals surface area contributed by atoms with Crippen molar-refractivity contribution in [1.82, 2.24) is 34.5 Å². The van der Waals surface area contributed by atoms with E-state index in [-0.39, 0.29) is 0 Å². The van der Waals surface area contributed by atoms with Crippen LogP contribution in [0.5, 0.6) is 0 Å². The Morgan fingerprint density at radius 2 is 1.94 bits per heavy atom. The molecule has 0 radical (unpaired) electrons. The summed E-state index contributed by atoms with van der Waals surface area (Å²) in [7, 11) is 1.90. The van der Waals surface area contributed by atoms with Crippen molar-refractivity contribution in [3.8, 4) is 11.1 Å². The first-order chi connectivity index (χ1) is 16.5. The molecule has 0 spiro atoms. The first-order valence-corrected chi connectivity index (χ1v) is 11.8. The quantitative estimate of drug-likeness (QED) is 0.323. The Morgan fingerprint density at radius 1 is 1.06 bits per heavy atom. The summed E-state index contributed by atoms with van der Waals surface area (Å²) in [6.45, 7) is 1.80. The third-order valence-electron chi connectivity index (χ3n) is 5.57. The topological polar surface area (TPSA) is 86.9 Å². The van der Waals surface area contributed by atoms with Gasteiger partial charge in [-0.1, -0.05) is 35.0 Å². The van der Waals surface area contributed by atoms with E-state index in [0.29, 0.717) is 28.1 Å². The van der Waals surface area contributed by atoms with E-state index in [9.17, 15) is 0 Å². The number of halogens is 1. The lowest BCUT2D eigenvalue weighted by molar-refractivity contribution is 0.391. The molecule has 0 atom stereocenters. The van der Waals surface area contributed by atoms with E-state index in [1.807, 2.05) is 66.4 Å². The first-order valence-electron chi connectivity index (χ1n) is 10.6. The number of benzene rings is 1. The second-order valence-corrected chi connectivity index (χ2v) is 9.29. The molecule has 0 saturated carbocycles. The molecular formula is C24H18ClN7OS. The second-order valence-electron chi connectivity index (χ2n) is 7.95. The highest BCUT2D eigenvalue weighted by Crippen LogP contribution is 2.33. The van der Waals surface area contributed by atoms with Gasteiger partial charge in [0, 0.05) is 42.4 Å². The second kappa shape index (κ2) is 8.27. The summed E-state index contributed by atoms with van der Waals surface area (Å²) in [5.41, 5.74) is 5.38. The van der Waals surface area contributed by atoms with Crippen LogP contribution in [-0.4, -0.2) is 34.5 Å². The predicted molar refractivity (Wildman–Crippen MR) is 130 cm³/mol. The van der Waals surface area contributed by atoms with E-state index in [1.54, 1.807) is 11.6 Å². The van der Waals surface area contributed by atoms with Gasteiger partial charge in [0.15, 0.2) is 11.4 Å². The lowest BCUT2D eigenvalue weighted by Crippen LogP contribution is -1.97. The molecule has 0 amide bonds. The van der Waals surface area contributed by atoms with E-state index in [4.69, 9.17) is 21.1 Å². The first kappa shape index (κ1) is 20.9. The van der Waals surface area contributed by atoms with Gasteiger partial charge in [-0.15, -0.1) is 10.2 Å². The van der Waals surface area contributed by atoms with Crippen LogP contribution in [0.15, 0.2) is 75.8 Å². The third kappa shape index (κ3) is 3.72. The summed E-state index contributed by atoms with van der Waals surface area (Å²) in [5.74, 6) is 0.603. The van der Waals surface area contributed by atoms with Gasteiger partial charge in [-0.3, -0.25) is 9.08 Å². The van der Waals surface area contributed by atoms with Crippen molar-refractivity contribution >= 4 is 39.9 Å². The molecule has 168 valence electrons. The van der Waals surface area contributed by atoms with Gasteiger partial charge in [-0.05, 0) is 48.5 Å². The van der Waals surface area contributed by atoms with E-state index < -0.39 is 0 Å². The standard InChI is InChI=1S/C24H18ClN7OS/c1-14-22(25)20(30-33-14)10-17-9-15-5-3-4-6-19(15)27-23(17)34-24-29-28-21-8-7-16(13-32(21)24)18-11-26-31(2)12-18/h3-9,11-13H,10H2,1-2H3. The summed E-state index contributed by atoms with van der Waals surface area (Å²) in [4.78, 5) is 4.94. The third-order valence-corrected chi connectivity index (χ3v) is 7.07. The maximum atomic E-state index is 6.41. The number of fused-ring (bicyclic) bond motifs is 2. The number of rotatable bonds is 5. The highest BCUT2D eigenvalue weighted by molar-refractivity contribution is 7.99. The van der Waals surface area contributed by atoms with Crippen molar-refractivity contribution in [3.05, 3.63) is 83.1 Å². The average molecular weight is 488 g/mol. The van der Waals surface area contributed by atoms with Gasteiger partial charge in [0.05, 0.1) is 11.7 Å². The molecular weight excluding hydrogens is 470 g/mol. The van der Waals surface area contributed by atoms with Gasteiger partial charge in [0.2, 0.25) is 5.16 Å². The van der Waals surface area contributed by atoms with Gasteiger partial charge in [0.25, 0.3) is 0 Å². The smallest absolute Gasteiger partial charge is 0.201 e. The minimum atomic E-state index is 0.494. The largest absolute Gasteiger partial charge is 0.360 e. The van der Waals surface area contributed by atoms with E-state index in [2.05, 4.69) is 26.5 Å². The Kier molecular flexibility index (Phi) is 5.08. The molecule has 5 heterocycles. The molecule has 1 aromatic carbocycles. The SMILES string of the molecule is Cc1onc(Cc2cc3ccccc3nc2Sc2nnc3ccc(-c4cnn(C)c4)cn23)c1Cl. The van der Waals surface area contributed by atoms with E-state index in [1.165, 1.54) is 11.8 Å². The van der Waals surface area contributed by atoms with Crippen LogP contribution in [0.4, 0.5) is 0 Å². The minimum Gasteiger partial charge on any atom is -0.360 e. The lowest BCUT2D eigenvalue weighted by atomic mass is 10.1. The molecule has 10 heteroatoms. The zero-order valence-corrected chi connectivity index (χ0v) is 19.9. The van der Waals surface area contributed by atoms with Crippen LogP contribution < -0.4 is 0 Å². The molecule has 5 aromatic heterocycles. The number of para-hydroxylation sites is 1. The normalized spacial score (nSPS) is 11.6. The van der Waals surface area contributed by atoms with Crippen molar-refractivity contribution in [1.29, 1.82) is 0 Å². The summed E-state index contributed by atoms with van der Waals surface area (Å²) in [6.07, 6.45) is 6.33. The molecule has 0 saturated heterocycles. The number of hydrogen-bond donors (Lipinski definition) is 0. The molecule has 0 aliphatic rings. The van der Waals surface area contributed by atoms with Gasteiger partial charge in [0.1, 0.15) is 15.7 Å². The fourth-order valence-corrected chi connectivity index (χ4v) is 4.86. The van der Waals surface area contributed by atoms with Gasteiger partial charge in [-0.25, -0.2) is 4.98 Å². The van der Waals surface area contributed by atoms with Gasteiger partial charge >= 0.3 is 0 Å². The Bertz CT molecular complexity index is 1670. The Balaban J connectivity index is 1.44. The van der Waals surface area contributed by atoms with Crippen LogP contribution in [0.3, 0.4) is 0 Å². The number of hydrogen-bond acceptors (Lipinski definition) is 7. The molecule has 0 aliphatic heterocycles. The van der Waals surface area contributed by atoms with E-state index in [0.717, 1.165) is 38.3 Å². The maximum Gasteiger partial charge on any atom is 0.201 e. The summed E-state index contributed by atoms with van der Waals surface area (Å²) < 4.78 is 9.03. The van der Waals surface area contributed by atoms with Crippen LogP contribution in [0.25, 0.3) is 27.7 Å². The highest BCUT2D eigenvalue weighted by Gasteiger charge is 2.18. The van der Waals surface area contributed by atoms with Crippen molar-refractivity contribution in [3.63, 3.8) is 0 Å². The van der Waals surface area contributed by atoms with E-state index >= 15 is 0 Å². The number of pyridine rings is 2. The minimum absolute atomic E-state index is 0.494. The number of aryl methyl sites for hydroxylation is 2. The summed E-state index contributed by atoms with van der Waals surface area (Å²) >= 11 is 7.87. The monoisotopic (exact) mass is 487 g/mol. The highest BCUT2D eigenvalue weighted by atomic mass is 35.5. The molecule has 0 fully saturated rings. The average Bonchev–Trinajstić information content (AvgIpc) is 3.54. The molecule has 0 aliphatic carbocycles. The van der Waals surface area contributed by atoms with Crippen LogP contribution in [0.2, 0.25) is 5.02 Å².